The zero-order valence-electron chi connectivity index (χ0n) is 26.5. The average molecular weight is 707 g/mol. The number of aromatic amines is 2. The molecule has 2 heterocycles. The predicted molar refractivity (Wildman–Crippen MR) is 186 cm³/mol. The molecule has 0 bridgehead atoms. The molecule has 0 saturated carbocycles. The first kappa shape index (κ1) is 41.5. The molecule has 260 valence electrons. The number of benzene rings is 4. The van der Waals surface area contributed by atoms with Crippen molar-refractivity contribution in [2.24, 2.45) is 0 Å². The number of methoxy groups -OCH3 is 2. The zero-order chi connectivity index (χ0) is 34.5. The van der Waals surface area contributed by atoms with Crippen molar-refractivity contribution < 1.29 is 68.7 Å². The molecular weight excluding hydrogens is 671 g/mol. The molecule has 0 amide bonds. The minimum atomic E-state index is -1.28. The van der Waals surface area contributed by atoms with E-state index in [9.17, 15) is 34.9 Å². The number of carboxylic acids is 2. The van der Waals surface area contributed by atoms with E-state index in [4.69, 9.17) is 14.6 Å². The Labute approximate surface area is 314 Å². The molecule has 0 spiro atoms. The molecule has 0 atom stereocenters. The molecule has 0 unspecified atom stereocenters. The van der Waals surface area contributed by atoms with Crippen LogP contribution in [0.5, 0.6) is 11.5 Å². The van der Waals surface area contributed by atoms with Crippen LogP contribution in [0.25, 0.3) is 21.8 Å². The van der Waals surface area contributed by atoms with E-state index < -0.39 is 21.8 Å². The molecule has 6 rings (SSSR count). The number of nitro groups is 2. The molecule has 0 aliphatic heterocycles. The fourth-order valence-corrected chi connectivity index (χ4v) is 5.30. The van der Waals surface area contributed by atoms with Crippen molar-refractivity contribution in [3.8, 4) is 11.5 Å². The molecule has 0 aliphatic carbocycles. The second-order valence-corrected chi connectivity index (χ2v) is 10.6. The molecule has 14 nitrogen and oxygen atoms in total. The van der Waals surface area contributed by atoms with Gasteiger partial charge in [-0.1, -0.05) is 33.1 Å². The number of nitrogens with one attached hydrogen (secondary N) is 2. The second kappa shape index (κ2) is 17.8. The van der Waals surface area contributed by atoms with Crippen molar-refractivity contribution in [2.75, 3.05) is 14.2 Å². The van der Waals surface area contributed by atoms with Crippen molar-refractivity contribution in [3.05, 3.63) is 139 Å². The Balaban J connectivity index is 0.000000334. The summed E-state index contributed by atoms with van der Waals surface area (Å²) in [4.78, 5) is 49.2. The number of carbonyl (C=O) groups excluding carboxylic acids is 1. The van der Waals surface area contributed by atoms with Crippen molar-refractivity contribution in [2.45, 2.75) is 27.7 Å². The van der Waals surface area contributed by atoms with Gasteiger partial charge in [-0.3, -0.25) is 20.2 Å². The van der Waals surface area contributed by atoms with Crippen LogP contribution >= 0.6 is 0 Å². The predicted octanol–water partition coefficient (Wildman–Crippen LogP) is 3.69. The van der Waals surface area contributed by atoms with Crippen molar-refractivity contribution in [3.63, 3.8) is 0 Å². The van der Waals surface area contributed by atoms with E-state index in [-0.39, 0.29) is 66.9 Å². The number of carbonyl (C=O) groups is 2. The van der Waals surface area contributed by atoms with E-state index in [0.29, 0.717) is 24.3 Å². The van der Waals surface area contributed by atoms with Crippen LogP contribution in [0.15, 0.2) is 85.2 Å². The first-order chi connectivity index (χ1) is 23.0. The van der Waals surface area contributed by atoms with Gasteiger partial charge in [0, 0.05) is 76.9 Å². The van der Waals surface area contributed by atoms with Crippen molar-refractivity contribution in [1.29, 1.82) is 0 Å². The number of hydrogen-bond acceptors (Lipinski definition) is 9. The van der Waals surface area contributed by atoms with Crippen LogP contribution in [-0.2, 0) is 12.8 Å². The van der Waals surface area contributed by atoms with Crippen LogP contribution in [0.4, 0.5) is 11.4 Å². The van der Waals surface area contributed by atoms with Gasteiger partial charge < -0.3 is 34.4 Å². The molecule has 4 aromatic carbocycles. The van der Waals surface area contributed by atoms with Gasteiger partial charge >= 0.3 is 35.5 Å². The topological polar surface area (TPSA) is 214 Å². The summed E-state index contributed by atoms with van der Waals surface area (Å²) in [6, 6.07) is 18.4. The Morgan fingerprint density at radius 3 is 1.45 bits per heavy atom. The van der Waals surface area contributed by atoms with E-state index >= 15 is 0 Å². The summed E-state index contributed by atoms with van der Waals surface area (Å²) >= 11 is 0. The molecule has 6 aromatic rings. The fraction of sp³-hybridized carbons (Fsp3) is 0.167. The molecule has 2 aromatic heterocycles. The number of carboxylic acid groups (broad SMARTS) is 2. The number of hydrogen-bond donors (Lipinski definition) is 3. The van der Waals surface area contributed by atoms with Gasteiger partial charge in [-0.2, -0.15) is 0 Å². The summed E-state index contributed by atoms with van der Waals surface area (Å²) in [5.41, 5.74) is 5.11. The van der Waals surface area contributed by atoms with E-state index in [1.165, 1.54) is 62.8 Å². The summed E-state index contributed by atoms with van der Waals surface area (Å²) in [5, 5.41) is 43.4. The Hall–Kier alpha value is -5.70. The van der Waals surface area contributed by atoms with Gasteiger partial charge in [0.1, 0.15) is 11.5 Å². The van der Waals surface area contributed by atoms with E-state index in [1.54, 1.807) is 36.7 Å². The normalized spacial score (nSPS) is 10.1. The SMILES string of the molecule is C.C.COc1cc(C(=O)O)ccc1Cc1c[nH]c2ccc([N+](=O)[O-])cc12.COc1cc(C(=O)[O-])ccc1Cc1c[nH]c2ccc([N+](=O)[O-])cc12.[Na+]. The molecule has 15 heteroatoms. The van der Waals surface area contributed by atoms with Crippen molar-refractivity contribution >= 4 is 45.1 Å². The Morgan fingerprint density at radius 1 is 0.667 bits per heavy atom. The van der Waals surface area contributed by atoms with Gasteiger partial charge in [0.15, 0.2) is 0 Å². The maximum absolute atomic E-state index is 11.0. The number of fused-ring (bicyclic) bond motifs is 2. The summed E-state index contributed by atoms with van der Waals surface area (Å²) in [6.45, 7) is 0. The standard InChI is InChI=1S/2C17H14N2O5.2CH4.Na/c2*1-24-16-7-11(17(20)21)3-2-10(16)6-12-9-18-15-5-4-13(19(22)23)8-14(12)15;;;/h2*2-5,7-9,18H,6H2,1H3,(H,20,21);2*1H4;/q;;;;+1/p-1. The van der Waals surface area contributed by atoms with Crippen molar-refractivity contribution in [1.82, 2.24) is 9.97 Å². The van der Waals surface area contributed by atoms with Gasteiger partial charge in [-0.05, 0) is 52.6 Å². The molecule has 0 radical (unpaired) electrons. The first-order valence-corrected chi connectivity index (χ1v) is 14.3. The minimum Gasteiger partial charge on any atom is -0.545 e. The van der Waals surface area contributed by atoms with Crippen LogP contribution < -0.4 is 44.1 Å². The number of H-pyrrole nitrogens is 2. The second-order valence-electron chi connectivity index (χ2n) is 10.6. The zero-order valence-corrected chi connectivity index (χ0v) is 28.5. The average Bonchev–Trinajstić information content (AvgIpc) is 3.68. The molecule has 3 N–H and O–H groups in total. The quantitative estimate of drug-likeness (QED) is 0.107. The van der Waals surface area contributed by atoms with Crippen LogP contribution in [0.1, 0.15) is 57.8 Å². The minimum absolute atomic E-state index is 0. The third kappa shape index (κ3) is 9.30. The van der Waals surface area contributed by atoms with Crippen LogP contribution in [0, 0.1) is 20.2 Å². The van der Waals surface area contributed by atoms with Crippen LogP contribution in [-0.4, -0.2) is 51.1 Å². The summed E-state index contributed by atoms with van der Waals surface area (Å²) in [6.07, 6.45) is 4.47. The maximum atomic E-state index is 11.0. The number of nitrogens with zero attached hydrogens (tertiary/aromatic N) is 2. The summed E-state index contributed by atoms with van der Waals surface area (Å²) in [5.74, 6) is -1.41. The number of aromatic carboxylic acids is 2. The third-order valence-electron chi connectivity index (χ3n) is 7.74. The van der Waals surface area contributed by atoms with Gasteiger partial charge in [-0.15, -0.1) is 0 Å². The van der Waals surface area contributed by atoms with Gasteiger partial charge in [0.05, 0.1) is 35.6 Å². The van der Waals surface area contributed by atoms with Crippen LogP contribution in [0.3, 0.4) is 0 Å². The van der Waals surface area contributed by atoms with Gasteiger partial charge in [0.25, 0.3) is 11.4 Å². The molecule has 0 saturated heterocycles. The molecule has 0 aliphatic rings. The number of nitro benzene ring substituents is 2. The summed E-state index contributed by atoms with van der Waals surface area (Å²) in [7, 11) is 2.93. The first-order valence-electron chi connectivity index (χ1n) is 14.3. The van der Waals surface area contributed by atoms with Gasteiger partial charge in [-0.25, -0.2) is 4.79 Å². The van der Waals surface area contributed by atoms with Gasteiger partial charge in [0.2, 0.25) is 0 Å². The number of rotatable bonds is 10. The van der Waals surface area contributed by atoms with E-state index in [1.807, 2.05) is 0 Å². The maximum Gasteiger partial charge on any atom is 1.00 e. The molecule has 51 heavy (non-hydrogen) atoms. The molecule has 0 fully saturated rings. The Morgan fingerprint density at radius 2 is 1.08 bits per heavy atom. The number of ether oxygens (including phenoxy) is 2. The Kier molecular flexibility index (Phi) is 14.5. The monoisotopic (exact) mass is 706 g/mol. The van der Waals surface area contributed by atoms with Crippen LogP contribution in [0.2, 0.25) is 0 Å². The summed E-state index contributed by atoms with van der Waals surface area (Å²) < 4.78 is 10.5. The number of non-ortho nitro benzene ring substituents is 2. The smallest absolute Gasteiger partial charge is 0.545 e. The Bertz CT molecular complexity index is 2050. The number of aromatic nitrogens is 2. The third-order valence-corrected chi connectivity index (χ3v) is 7.74. The van der Waals surface area contributed by atoms with E-state index in [0.717, 1.165) is 44.1 Å². The largest absolute Gasteiger partial charge is 1.00 e. The van der Waals surface area contributed by atoms with E-state index in [2.05, 4.69) is 9.97 Å². The molecular formula is C36H35N4NaO10. The fourth-order valence-electron chi connectivity index (χ4n) is 5.30.